The monoisotopic (exact) mass is 358 g/mol. The highest BCUT2D eigenvalue weighted by atomic mass is 35.5. The van der Waals surface area contributed by atoms with Gasteiger partial charge in [-0.2, -0.15) is 0 Å². The summed E-state index contributed by atoms with van der Waals surface area (Å²) in [7, 11) is 1.60. The van der Waals surface area contributed by atoms with E-state index in [-0.39, 0.29) is 24.2 Å². The molecule has 1 aliphatic heterocycles. The van der Waals surface area contributed by atoms with Gasteiger partial charge in [-0.25, -0.2) is 0 Å². The number of hydrogen-bond donors (Lipinski definition) is 1. The van der Waals surface area contributed by atoms with Crippen LogP contribution in [0, 0.1) is 5.92 Å². The maximum atomic E-state index is 12.5. The lowest BCUT2D eigenvalue weighted by molar-refractivity contribution is -0.126. The Morgan fingerprint density at radius 1 is 1.28 bits per heavy atom. The first-order chi connectivity index (χ1) is 12.1. The van der Waals surface area contributed by atoms with Crippen LogP contribution in [0.1, 0.15) is 12.0 Å². The van der Waals surface area contributed by atoms with Crippen LogP contribution in [-0.4, -0.2) is 25.5 Å². The van der Waals surface area contributed by atoms with Gasteiger partial charge in [0.05, 0.1) is 13.0 Å². The van der Waals surface area contributed by atoms with E-state index in [2.05, 4.69) is 5.32 Å². The number of halogens is 1. The van der Waals surface area contributed by atoms with Crippen LogP contribution in [-0.2, 0) is 16.1 Å². The molecule has 6 heteroatoms. The number of hydrogen-bond acceptors (Lipinski definition) is 3. The van der Waals surface area contributed by atoms with Crippen molar-refractivity contribution < 1.29 is 14.3 Å². The predicted octanol–water partition coefficient (Wildman–Crippen LogP) is 3.02. The van der Waals surface area contributed by atoms with Crippen molar-refractivity contribution in [1.82, 2.24) is 5.32 Å². The summed E-state index contributed by atoms with van der Waals surface area (Å²) in [5.74, 6) is 0.149. The van der Waals surface area contributed by atoms with Crippen LogP contribution in [0.25, 0.3) is 0 Å². The van der Waals surface area contributed by atoms with Gasteiger partial charge < -0.3 is 15.0 Å². The fraction of sp³-hybridized carbons (Fsp3) is 0.263. The molecule has 5 nitrogen and oxygen atoms in total. The van der Waals surface area contributed by atoms with Crippen LogP contribution >= 0.6 is 11.6 Å². The molecule has 1 N–H and O–H groups in total. The van der Waals surface area contributed by atoms with Gasteiger partial charge in [0.2, 0.25) is 11.8 Å². The SMILES string of the molecule is COc1ccccc1CNC(=O)C1CC(=O)N(c2cccc(Cl)c2)C1. The molecule has 1 unspecified atom stereocenters. The molecule has 2 aromatic rings. The molecule has 1 saturated heterocycles. The summed E-state index contributed by atoms with van der Waals surface area (Å²) in [4.78, 5) is 26.3. The van der Waals surface area contributed by atoms with Crippen molar-refractivity contribution in [2.75, 3.05) is 18.6 Å². The van der Waals surface area contributed by atoms with Gasteiger partial charge >= 0.3 is 0 Å². The molecule has 2 aromatic carbocycles. The summed E-state index contributed by atoms with van der Waals surface area (Å²) in [5.41, 5.74) is 1.62. The highest BCUT2D eigenvalue weighted by molar-refractivity contribution is 6.31. The van der Waals surface area contributed by atoms with Crippen LogP contribution in [0.2, 0.25) is 5.02 Å². The Bertz CT molecular complexity index is 794. The molecule has 1 aliphatic rings. The molecule has 0 radical (unpaired) electrons. The first-order valence-electron chi connectivity index (χ1n) is 8.04. The fourth-order valence-electron chi connectivity index (χ4n) is 2.95. The van der Waals surface area contributed by atoms with Crippen LogP contribution in [0.15, 0.2) is 48.5 Å². The largest absolute Gasteiger partial charge is 0.496 e. The lowest BCUT2D eigenvalue weighted by atomic mass is 10.1. The van der Waals surface area contributed by atoms with Gasteiger partial charge in [-0.1, -0.05) is 35.9 Å². The van der Waals surface area contributed by atoms with E-state index in [1.54, 1.807) is 30.2 Å². The molecule has 0 aliphatic carbocycles. The third kappa shape index (κ3) is 3.94. The Balaban J connectivity index is 1.63. The number of carbonyl (C=O) groups is 2. The van der Waals surface area contributed by atoms with Crippen molar-refractivity contribution >= 4 is 29.1 Å². The number of rotatable bonds is 5. The maximum Gasteiger partial charge on any atom is 0.227 e. The summed E-state index contributed by atoms with van der Waals surface area (Å²) in [6.07, 6.45) is 0.199. The summed E-state index contributed by atoms with van der Waals surface area (Å²) < 4.78 is 5.28. The lowest BCUT2D eigenvalue weighted by Gasteiger charge is -2.17. The molecule has 0 saturated carbocycles. The van der Waals surface area contributed by atoms with Crippen LogP contribution in [0.5, 0.6) is 5.75 Å². The second-order valence-electron chi connectivity index (χ2n) is 5.91. The van der Waals surface area contributed by atoms with Crippen molar-refractivity contribution in [2.45, 2.75) is 13.0 Å². The normalized spacial score (nSPS) is 16.8. The summed E-state index contributed by atoms with van der Waals surface area (Å²) >= 11 is 5.99. The minimum Gasteiger partial charge on any atom is -0.496 e. The second kappa shape index (κ2) is 7.57. The zero-order valence-corrected chi connectivity index (χ0v) is 14.6. The molecule has 0 bridgehead atoms. The summed E-state index contributed by atoms with van der Waals surface area (Å²) in [5, 5.41) is 3.46. The molecular formula is C19H19ClN2O3. The van der Waals surface area contributed by atoms with Crippen molar-refractivity contribution in [2.24, 2.45) is 5.92 Å². The molecule has 0 spiro atoms. The van der Waals surface area contributed by atoms with Crippen molar-refractivity contribution in [3.63, 3.8) is 0 Å². The van der Waals surface area contributed by atoms with Crippen LogP contribution < -0.4 is 15.0 Å². The Kier molecular flexibility index (Phi) is 5.24. The standard InChI is InChI=1S/C19H19ClN2O3/c1-25-17-8-3-2-5-13(17)11-21-19(24)14-9-18(23)22(12-14)16-7-4-6-15(20)10-16/h2-8,10,14H,9,11-12H2,1H3,(H,21,24). The van der Waals surface area contributed by atoms with Gasteiger partial charge in [-0.15, -0.1) is 0 Å². The van der Waals surface area contributed by atoms with E-state index in [4.69, 9.17) is 16.3 Å². The Morgan fingerprint density at radius 2 is 2.08 bits per heavy atom. The number of anilines is 1. The molecule has 0 aromatic heterocycles. The number of benzene rings is 2. The van der Waals surface area contributed by atoms with Gasteiger partial charge in [0.1, 0.15) is 5.75 Å². The van der Waals surface area contributed by atoms with E-state index in [0.717, 1.165) is 17.0 Å². The molecule has 1 fully saturated rings. The van der Waals surface area contributed by atoms with Gasteiger partial charge in [0, 0.05) is 35.8 Å². The van der Waals surface area contributed by atoms with E-state index in [0.29, 0.717) is 18.1 Å². The minimum atomic E-state index is -0.374. The van der Waals surface area contributed by atoms with E-state index < -0.39 is 0 Å². The number of nitrogens with zero attached hydrogens (tertiary/aromatic N) is 1. The Hall–Kier alpha value is -2.53. The first-order valence-corrected chi connectivity index (χ1v) is 8.42. The third-order valence-corrected chi connectivity index (χ3v) is 4.50. The predicted molar refractivity (Wildman–Crippen MR) is 96.8 cm³/mol. The van der Waals surface area contributed by atoms with Crippen molar-refractivity contribution in [1.29, 1.82) is 0 Å². The van der Waals surface area contributed by atoms with E-state index in [1.807, 2.05) is 30.3 Å². The highest BCUT2D eigenvalue weighted by Crippen LogP contribution is 2.27. The number of para-hydroxylation sites is 1. The third-order valence-electron chi connectivity index (χ3n) is 4.26. The number of nitrogens with one attached hydrogen (secondary N) is 1. The average molecular weight is 359 g/mol. The average Bonchev–Trinajstić information content (AvgIpc) is 3.02. The van der Waals surface area contributed by atoms with E-state index in [1.165, 1.54) is 0 Å². The molecule has 25 heavy (non-hydrogen) atoms. The summed E-state index contributed by atoms with van der Waals surface area (Å²) in [6.45, 7) is 0.724. The van der Waals surface area contributed by atoms with Crippen molar-refractivity contribution in [3.8, 4) is 5.75 Å². The number of ether oxygens (including phenoxy) is 1. The van der Waals surface area contributed by atoms with E-state index >= 15 is 0 Å². The molecule has 1 heterocycles. The zero-order valence-electron chi connectivity index (χ0n) is 13.9. The molecule has 1 atom stereocenters. The maximum absolute atomic E-state index is 12.5. The zero-order chi connectivity index (χ0) is 17.8. The Morgan fingerprint density at radius 3 is 2.84 bits per heavy atom. The van der Waals surface area contributed by atoms with Crippen LogP contribution in [0.4, 0.5) is 5.69 Å². The van der Waals surface area contributed by atoms with Crippen molar-refractivity contribution in [3.05, 3.63) is 59.1 Å². The molecule has 2 amide bonds. The van der Waals surface area contributed by atoms with E-state index in [9.17, 15) is 9.59 Å². The molecular weight excluding hydrogens is 340 g/mol. The lowest BCUT2D eigenvalue weighted by Crippen LogP contribution is -2.32. The van der Waals surface area contributed by atoms with Gasteiger partial charge in [-0.05, 0) is 24.3 Å². The smallest absolute Gasteiger partial charge is 0.227 e. The minimum absolute atomic E-state index is 0.0697. The fourth-order valence-corrected chi connectivity index (χ4v) is 3.14. The summed E-state index contributed by atoms with van der Waals surface area (Å²) in [6, 6.07) is 14.6. The van der Waals surface area contributed by atoms with Gasteiger partial charge in [0.15, 0.2) is 0 Å². The number of amides is 2. The quantitative estimate of drug-likeness (QED) is 0.893. The molecule has 130 valence electrons. The first kappa shape index (κ1) is 17.3. The highest BCUT2D eigenvalue weighted by Gasteiger charge is 2.35. The van der Waals surface area contributed by atoms with Crippen LogP contribution in [0.3, 0.4) is 0 Å². The van der Waals surface area contributed by atoms with Gasteiger partial charge in [0.25, 0.3) is 0 Å². The topological polar surface area (TPSA) is 58.6 Å². The number of methoxy groups -OCH3 is 1. The molecule has 3 rings (SSSR count). The Labute approximate surface area is 151 Å². The number of carbonyl (C=O) groups excluding carboxylic acids is 2. The second-order valence-corrected chi connectivity index (χ2v) is 6.35. The van der Waals surface area contributed by atoms with Gasteiger partial charge in [-0.3, -0.25) is 9.59 Å².